The summed E-state index contributed by atoms with van der Waals surface area (Å²) in [7, 11) is 1.66. The molecule has 1 fully saturated rings. The molecule has 1 heterocycles. The van der Waals surface area contributed by atoms with Crippen LogP contribution in [0.5, 0.6) is 11.5 Å². The molecule has 6 heteroatoms. The van der Waals surface area contributed by atoms with Gasteiger partial charge >= 0.3 is 0 Å². The van der Waals surface area contributed by atoms with Crippen molar-refractivity contribution in [2.75, 3.05) is 51.8 Å². The molecule has 0 aromatic heterocycles. The Morgan fingerprint density at radius 3 is 2.13 bits per heavy atom. The number of nitrogens with one attached hydrogen (secondary N) is 3. The van der Waals surface area contributed by atoms with Crippen LogP contribution in [0.3, 0.4) is 0 Å². The second-order valence-corrected chi connectivity index (χ2v) is 8.67. The Kier molecular flexibility index (Phi) is 8.32. The highest BCUT2D eigenvalue weighted by Crippen LogP contribution is 2.17. The van der Waals surface area contributed by atoms with Gasteiger partial charge < -0.3 is 24.6 Å². The van der Waals surface area contributed by atoms with Gasteiger partial charge in [-0.15, -0.1) is 0 Å². The molecule has 31 heavy (non-hydrogen) atoms. The van der Waals surface area contributed by atoms with E-state index in [9.17, 15) is 4.79 Å². The maximum absolute atomic E-state index is 12.7. The van der Waals surface area contributed by atoms with Crippen molar-refractivity contribution >= 4 is 11.6 Å². The van der Waals surface area contributed by atoms with Crippen molar-refractivity contribution < 1.29 is 24.1 Å². The Hall–Kier alpha value is -2.57. The summed E-state index contributed by atoms with van der Waals surface area (Å²) < 4.78 is 11.0. The van der Waals surface area contributed by atoms with Crippen LogP contribution in [0.4, 0.5) is 5.69 Å². The van der Waals surface area contributed by atoms with Crippen LogP contribution in [-0.4, -0.2) is 58.4 Å². The van der Waals surface area contributed by atoms with Gasteiger partial charge in [-0.2, -0.15) is 0 Å². The molecule has 0 unspecified atom stereocenters. The number of hydrogen-bond acceptors (Lipinski definition) is 3. The molecular weight excluding hydrogens is 390 g/mol. The van der Waals surface area contributed by atoms with Gasteiger partial charge in [0.2, 0.25) is 0 Å². The number of rotatable bonds is 9. The van der Waals surface area contributed by atoms with Gasteiger partial charge in [-0.25, -0.2) is 0 Å². The third-order valence-corrected chi connectivity index (χ3v) is 6.23. The zero-order valence-electron chi connectivity index (χ0n) is 19.2. The molecule has 6 nitrogen and oxygen atoms in total. The lowest BCUT2D eigenvalue weighted by Crippen LogP contribution is -3.30. The molecule has 1 amide bonds. The lowest BCUT2D eigenvalue weighted by Gasteiger charge is -2.32. The van der Waals surface area contributed by atoms with Gasteiger partial charge in [-0.3, -0.25) is 4.79 Å². The predicted molar refractivity (Wildman–Crippen MR) is 123 cm³/mol. The number of benzene rings is 2. The highest BCUT2D eigenvalue weighted by atomic mass is 16.5. The molecule has 0 bridgehead atoms. The fraction of sp³-hybridized carbons (Fsp3) is 0.480. The van der Waals surface area contributed by atoms with Crippen LogP contribution >= 0.6 is 0 Å². The van der Waals surface area contributed by atoms with Gasteiger partial charge in [0, 0.05) is 5.69 Å². The van der Waals surface area contributed by atoms with Crippen LogP contribution in [0.1, 0.15) is 32.3 Å². The van der Waals surface area contributed by atoms with Crippen molar-refractivity contribution in [3.8, 4) is 11.5 Å². The maximum Gasteiger partial charge on any atom is 0.282 e. The average Bonchev–Trinajstić information content (AvgIpc) is 2.80. The summed E-state index contributed by atoms with van der Waals surface area (Å²) in [6.45, 7) is 12.2. The summed E-state index contributed by atoms with van der Waals surface area (Å²) in [5.74, 6) is 2.30. The molecule has 3 N–H and O–H groups in total. The molecule has 1 aliphatic rings. The van der Waals surface area contributed by atoms with Crippen molar-refractivity contribution in [3.05, 3.63) is 54.1 Å². The molecule has 1 saturated heterocycles. The molecule has 0 saturated carbocycles. The molecule has 0 radical (unpaired) electrons. The van der Waals surface area contributed by atoms with E-state index in [0.29, 0.717) is 12.5 Å². The second kappa shape index (κ2) is 11.2. The Bertz CT molecular complexity index is 813. The number of ether oxygens (including phenoxy) is 2. The predicted octanol–water partition coefficient (Wildman–Crippen LogP) is 1.01. The van der Waals surface area contributed by atoms with E-state index in [1.807, 2.05) is 43.3 Å². The Balaban J connectivity index is 1.38. The molecule has 3 rings (SSSR count). The van der Waals surface area contributed by atoms with Gasteiger partial charge in [0.05, 0.1) is 7.11 Å². The van der Waals surface area contributed by atoms with E-state index in [1.54, 1.807) is 7.11 Å². The number of carbonyl (C=O) groups is 1. The summed E-state index contributed by atoms with van der Waals surface area (Å²) in [4.78, 5) is 15.6. The average molecular weight is 428 g/mol. The fourth-order valence-corrected chi connectivity index (χ4v) is 3.98. The lowest BCUT2D eigenvalue weighted by molar-refractivity contribution is -1.02. The molecule has 2 aromatic rings. The molecule has 0 aliphatic carbocycles. The van der Waals surface area contributed by atoms with Gasteiger partial charge in [-0.05, 0) is 54.8 Å². The van der Waals surface area contributed by atoms with Crippen molar-refractivity contribution in [2.45, 2.75) is 32.7 Å². The Morgan fingerprint density at radius 1 is 0.935 bits per heavy atom. The van der Waals surface area contributed by atoms with Crippen LogP contribution in [0.25, 0.3) is 0 Å². The van der Waals surface area contributed by atoms with E-state index < -0.39 is 0 Å². The number of piperazine rings is 1. The van der Waals surface area contributed by atoms with Gasteiger partial charge in [0.1, 0.15) is 50.8 Å². The quantitative estimate of drug-likeness (QED) is 0.560. The second-order valence-electron chi connectivity index (χ2n) is 8.67. The van der Waals surface area contributed by atoms with E-state index >= 15 is 0 Å². The number of amides is 1. The van der Waals surface area contributed by atoms with Crippen LogP contribution < -0.4 is 24.6 Å². The standard InChI is InChI=1S/C25H35N3O3/c1-19(2)21-5-7-22(8-6-21)26-25(29)20(3)28-15-13-27(14-16-28)17-18-31-24-11-9-23(30-4)10-12-24/h5-12,19-20H,13-18H2,1-4H3,(H,26,29)/p+2/t20-/m1/s1. The summed E-state index contributed by atoms with van der Waals surface area (Å²) in [6.07, 6.45) is 0. The summed E-state index contributed by atoms with van der Waals surface area (Å²) in [5.41, 5.74) is 2.16. The largest absolute Gasteiger partial charge is 0.497 e. The van der Waals surface area contributed by atoms with Gasteiger partial charge in [-0.1, -0.05) is 26.0 Å². The first-order valence-electron chi connectivity index (χ1n) is 11.3. The van der Waals surface area contributed by atoms with E-state index in [4.69, 9.17) is 9.47 Å². The van der Waals surface area contributed by atoms with Crippen LogP contribution in [0.15, 0.2) is 48.5 Å². The molecule has 168 valence electrons. The highest BCUT2D eigenvalue weighted by Gasteiger charge is 2.31. The molecule has 0 spiro atoms. The first-order valence-corrected chi connectivity index (χ1v) is 11.3. The first kappa shape index (κ1) is 23.1. The monoisotopic (exact) mass is 427 g/mol. The normalized spacial score (nSPS) is 19.6. The van der Waals surface area contributed by atoms with Crippen LogP contribution in [0, 0.1) is 0 Å². The maximum atomic E-state index is 12.7. The van der Waals surface area contributed by atoms with Gasteiger partial charge in [0.25, 0.3) is 5.91 Å². The van der Waals surface area contributed by atoms with E-state index in [2.05, 4.69) is 31.3 Å². The highest BCUT2D eigenvalue weighted by molar-refractivity contribution is 5.93. The third kappa shape index (κ3) is 6.71. The van der Waals surface area contributed by atoms with Crippen molar-refractivity contribution in [1.29, 1.82) is 0 Å². The smallest absolute Gasteiger partial charge is 0.282 e. The van der Waals surface area contributed by atoms with Crippen LogP contribution in [-0.2, 0) is 4.79 Å². The number of hydrogen-bond donors (Lipinski definition) is 3. The minimum atomic E-state index is -0.0538. The molecular formula is C25H37N3O3+2. The number of methoxy groups -OCH3 is 1. The minimum Gasteiger partial charge on any atom is -0.497 e. The van der Waals surface area contributed by atoms with Crippen molar-refractivity contribution in [2.24, 2.45) is 0 Å². The summed E-state index contributed by atoms with van der Waals surface area (Å²) in [5, 5.41) is 3.08. The molecule has 2 aromatic carbocycles. The topological polar surface area (TPSA) is 56.4 Å². The Morgan fingerprint density at radius 2 is 1.55 bits per heavy atom. The zero-order valence-corrected chi connectivity index (χ0v) is 19.2. The first-order chi connectivity index (χ1) is 15.0. The van der Waals surface area contributed by atoms with Crippen LogP contribution in [0.2, 0.25) is 0 Å². The van der Waals surface area contributed by atoms with Crippen molar-refractivity contribution in [3.63, 3.8) is 0 Å². The lowest BCUT2D eigenvalue weighted by atomic mass is 10.0. The number of carbonyl (C=O) groups excluding carboxylic acids is 1. The fourth-order valence-electron chi connectivity index (χ4n) is 3.98. The molecule has 1 atom stereocenters. The number of quaternary nitrogens is 2. The zero-order chi connectivity index (χ0) is 22.2. The van der Waals surface area contributed by atoms with E-state index in [0.717, 1.165) is 49.9 Å². The van der Waals surface area contributed by atoms with E-state index in [-0.39, 0.29) is 11.9 Å². The SMILES string of the molecule is COc1ccc(OCC[NH+]2CC[NH+]([C@H](C)C(=O)Nc3ccc(C(C)C)cc3)CC2)cc1. The van der Waals surface area contributed by atoms with Gasteiger partial charge in [0.15, 0.2) is 6.04 Å². The third-order valence-electron chi connectivity index (χ3n) is 6.23. The minimum absolute atomic E-state index is 0.0538. The summed E-state index contributed by atoms with van der Waals surface area (Å²) >= 11 is 0. The molecule has 1 aliphatic heterocycles. The van der Waals surface area contributed by atoms with Crippen molar-refractivity contribution in [1.82, 2.24) is 0 Å². The Labute approximate surface area is 186 Å². The number of anilines is 1. The van der Waals surface area contributed by atoms with E-state index in [1.165, 1.54) is 15.4 Å². The summed E-state index contributed by atoms with van der Waals surface area (Å²) in [6, 6.07) is 15.8.